The Morgan fingerprint density at radius 2 is 1.14 bits per heavy atom. The largest absolute Gasteiger partial charge is 0.460 e. The van der Waals surface area contributed by atoms with Crippen molar-refractivity contribution in [3.63, 3.8) is 0 Å². The fourth-order valence-electron chi connectivity index (χ4n) is 7.40. The SMILES string of the molecule is CCCN(CCC/N=C(/NCCOCCOCCOCCOCCOCCOCCOCCOCCOCCOCCC(=O)OC(C)(C)C)Nc1cccc(N)c1)C(=O)C1=Cc2ccc(C(=O)Nc3ccccc3)cc2N=C(N)C1. The van der Waals surface area contributed by atoms with Crippen LogP contribution < -0.4 is 27.4 Å². The quantitative estimate of drug-likeness (QED) is 0.0146. The maximum atomic E-state index is 14.0. The van der Waals surface area contributed by atoms with Gasteiger partial charge in [-0.1, -0.05) is 37.3 Å². The highest BCUT2D eigenvalue weighted by atomic mass is 16.6. The van der Waals surface area contributed by atoms with Gasteiger partial charge in [-0.2, -0.15) is 0 Å². The second-order valence-corrected chi connectivity index (χ2v) is 19.1. The molecule has 1 aliphatic rings. The lowest BCUT2D eigenvalue weighted by atomic mass is 10.0. The number of amidine groups is 1. The molecule has 0 aromatic heterocycles. The second kappa shape index (κ2) is 41.0. The van der Waals surface area contributed by atoms with Crippen LogP contribution in [0.4, 0.5) is 22.7 Å². The number of hydrogen-bond acceptors (Lipinski definition) is 18. The number of anilines is 3. The zero-order valence-electron chi connectivity index (χ0n) is 47.5. The van der Waals surface area contributed by atoms with Gasteiger partial charge in [-0.15, -0.1) is 0 Å². The van der Waals surface area contributed by atoms with Gasteiger partial charge in [0.2, 0.25) is 5.91 Å². The molecule has 0 saturated heterocycles. The van der Waals surface area contributed by atoms with Gasteiger partial charge < -0.3 is 84.4 Å². The Bertz CT molecular complexity index is 2300. The average Bonchev–Trinajstić information content (AvgIpc) is 3.60. The molecule has 7 N–H and O–H groups in total. The highest BCUT2D eigenvalue weighted by Crippen LogP contribution is 2.29. The van der Waals surface area contributed by atoms with Crippen LogP contribution in [0.1, 0.15) is 69.3 Å². The fraction of sp³-hybridized carbons (Fsp3) is 0.569. The lowest BCUT2D eigenvalue weighted by Crippen LogP contribution is -2.36. The summed E-state index contributed by atoms with van der Waals surface area (Å²) in [4.78, 5) is 49.8. The number of rotatable bonds is 43. The van der Waals surface area contributed by atoms with Crippen molar-refractivity contribution in [1.29, 1.82) is 0 Å². The molecule has 22 nitrogen and oxygen atoms in total. The van der Waals surface area contributed by atoms with Crippen LogP contribution >= 0.6 is 0 Å². The number of fused-ring (bicyclic) bond motifs is 1. The number of nitrogen functional groups attached to an aromatic ring is 1. The Labute approximate surface area is 472 Å². The summed E-state index contributed by atoms with van der Waals surface area (Å²) in [6, 6.07) is 21.8. The van der Waals surface area contributed by atoms with Crippen molar-refractivity contribution < 1.29 is 66.5 Å². The first-order valence-corrected chi connectivity index (χ1v) is 27.6. The Hall–Kier alpha value is -6.05. The predicted octanol–water partition coefficient (Wildman–Crippen LogP) is 5.88. The number of nitrogens with one attached hydrogen (secondary N) is 3. The standard InChI is InChI=1S/C58H88N8O14/c1-5-20-66(56(69)48-42-46-15-16-47(43-52(46)65-53(60)44-48)55(68)63-50-12-7-6-8-13-50)21-10-18-61-57(64-51-14-9-11-49(59)45-51)62-19-23-71-25-27-73-29-31-75-33-35-77-37-39-79-41-40-78-38-36-76-34-32-74-30-28-72-26-24-70-22-17-54(67)80-58(2,3)4/h6-9,11-16,42-43,45H,5,10,17-41,44,59H2,1-4H3,(H2,60,65)(H,63,68)(H2,61,62,64). The van der Waals surface area contributed by atoms with Crippen LogP contribution in [0.15, 0.2) is 88.4 Å². The molecule has 0 unspecified atom stereocenters. The highest BCUT2D eigenvalue weighted by molar-refractivity contribution is 6.08. The van der Waals surface area contributed by atoms with Crippen molar-refractivity contribution in [3.05, 3.63) is 89.5 Å². The van der Waals surface area contributed by atoms with Gasteiger partial charge in [0.25, 0.3) is 5.91 Å². The molecule has 22 heteroatoms. The first-order chi connectivity index (χ1) is 38.9. The van der Waals surface area contributed by atoms with Crippen molar-refractivity contribution in [3.8, 4) is 0 Å². The molecule has 0 aliphatic carbocycles. The first kappa shape index (κ1) is 66.5. The number of carbonyl (C=O) groups is 3. The minimum absolute atomic E-state index is 0.117. The molecule has 80 heavy (non-hydrogen) atoms. The van der Waals surface area contributed by atoms with Gasteiger partial charge in [-0.05, 0) is 82.2 Å². The minimum atomic E-state index is -0.489. The molecule has 1 heterocycles. The van der Waals surface area contributed by atoms with Gasteiger partial charge >= 0.3 is 5.97 Å². The van der Waals surface area contributed by atoms with Crippen molar-refractivity contribution in [2.24, 2.45) is 15.7 Å². The number of aliphatic imine (C=N–C) groups is 2. The van der Waals surface area contributed by atoms with Crippen molar-refractivity contribution in [2.75, 3.05) is 175 Å². The molecule has 444 valence electrons. The maximum Gasteiger partial charge on any atom is 0.308 e. The number of benzene rings is 3. The van der Waals surface area contributed by atoms with Gasteiger partial charge in [0, 0.05) is 66.4 Å². The number of nitrogens with zero attached hydrogens (tertiary/aromatic N) is 3. The third-order valence-electron chi connectivity index (χ3n) is 11.1. The smallest absolute Gasteiger partial charge is 0.308 e. The summed E-state index contributed by atoms with van der Waals surface area (Å²) < 4.78 is 60.7. The second-order valence-electron chi connectivity index (χ2n) is 19.1. The van der Waals surface area contributed by atoms with E-state index in [-0.39, 0.29) is 30.6 Å². The lowest BCUT2D eigenvalue weighted by Gasteiger charge is -2.23. The van der Waals surface area contributed by atoms with Crippen LogP contribution in [0.5, 0.6) is 0 Å². The summed E-state index contributed by atoms with van der Waals surface area (Å²) in [6.07, 6.45) is 3.61. The van der Waals surface area contributed by atoms with E-state index in [1.165, 1.54) is 0 Å². The van der Waals surface area contributed by atoms with Gasteiger partial charge in [-0.3, -0.25) is 19.4 Å². The molecule has 0 fully saturated rings. The van der Waals surface area contributed by atoms with Gasteiger partial charge in [0.05, 0.1) is 144 Å². The number of ether oxygens (including phenoxy) is 11. The van der Waals surface area contributed by atoms with Gasteiger partial charge in [0.15, 0.2) is 5.96 Å². The summed E-state index contributed by atoms with van der Waals surface area (Å²) >= 11 is 0. The minimum Gasteiger partial charge on any atom is -0.460 e. The van der Waals surface area contributed by atoms with E-state index < -0.39 is 5.60 Å². The number of hydrogen-bond donors (Lipinski definition) is 5. The van der Waals surface area contributed by atoms with Crippen molar-refractivity contribution >= 4 is 58.4 Å². The number of nitrogens with two attached hydrogens (primary N) is 2. The number of para-hydroxylation sites is 1. The number of carbonyl (C=O) groups excluding carboxylic acids is 3. The molecular formula is C58H88N8O14. The zero-order valence-corrected chi connectivity index (χ0v) is 47.5. The topological polar surface area (TPSA) is 269 Å². The predicted molar refractivity (Wildman–Crippen MR) is 310 cm³/mol. The molecule has 0 saturated carbocycles. The average molecular weight is 1120 g/mol. The molecule has 0 atom stereocenters. The van der Waals surface area contributed by atoms with E-state index in [4.69, 9.17) is 68.6 Å². The molecule has 4 rings (SSSR count). The third-order valence-corrected chi connectivity index (χ3v) is 11.1. The molecule has 0 radical (unpaired) electrons. The van der Waals surface area contributed by atoms with Crippen LogP contribution in [0.25, 0.3) is 6.08 Å². The Balaban J connectivity index is 0.973. The zero-order chi connectivity index (χ0) is 57.3. The lowest BCUT2D eigenvalue weighted by molar-refractivity contribution is -0.156. The van der Waals surface area contributed by atoms with Crippen LogP contribution in [0.3, 0.4) is 0 Å². The summed E-state index contributed by atoms with van der Waals surface area (Å²) in [7, 11) is 0. The molecule has 0 spiro atoms. The molecule has 3 aromatic rings. The summed E-state index contributed by atoms with van der Waals surface area (Å²) in [6.45, 7) is 18.3. The summed E-state index contributed by atoms with van der Waals surface area (Å²) in [5.41, 5.74) is 16.2. The number of esters is 1. The molecule has 1 aliphatic heterocycles. The maximum absolute atomic E-state index is 14.0. The van der Waals surface area contributed by atoms with E-state index in [9.17, 15) is 14.4 Å². The van der Waals surface area contributed by atoms with Crippen LogP contribution in [-0.2, 0) is 61.7 Å². The molecule has 3 aromatic carbocycles. The van der Waals surface area contributed by atoms with E-state index in [0.29, 0.717) is 210 Å². The fourth-order valence-corrected chi connectivity index (χ4v) is 7.40. The Kier molecular flexibility index (Phi) is 34.1. The Morgan fingerprint density at radius 1 is 0.613 bits per heavy atom. The van der Waals surface area contributed by atoms with Gasteiger partial charge in [-0.25, -0.2) is 4.99 Å². The summed E-state index contributed by atoms with van der Waals surface area (Å²) in [5, 5.41) is 9.53. The van der Waals surface area contributed by atoms with Crippen LogP contribution in [0.2, 0.25) is 0 Å². The van der Waals surface area contributed by atoms with Crippen LogP contribution in [0, 0.1) is 0 Å². The normalized spacial score (nSPS) is 12.5. The van der Waals surface area contributed by atoms with Gasteiger partial charge in [0.1, 0.15) is 11.4 Å². The molecular weight excluding hydrogens is 1030 g/mol. The molecule has 0 bridgehead atoms. The Morgan fingerprint density at radius 3 is 1.66 bits per heavy atom. The monoisotopic (exact) mass is 1120 g/mol. The number of guanidine groups is 1. The third kappa shape index (κ3) is 31.1. The van der Waals surface area contributed by atoms with E-state index in [0.717, 1.165) is 12.1 Å². The van der Waals surface area contributed by atoms with Crippen molar-refractivity contribution in [2.45, 2.75) is 59.0 Å². The van der Waals surface area contributed by atoms with E-state index in [1.807, 2.05) is 93.3 Å². The molecule has 2 amide bonds. The first-order valence-electron chi connectivity index (χ1n) is 27.6. The van der Waals surface area contributed by atoms with E-state index in [2.05, 4.69) is 20.9 Å². The number of amides is 2. The van der Waals surface area contributed by atoms with Crippen LogP contribution in [-0.4, -0.2) is 198 Å². The van der Waals surface area contributed by atoms with E-state index in [1.54, 1.807) is 18.2 Å². The van der Waals surface area contributed by atoms with Crippen molar-refractivity contribution in [1.82, 2.24) is 10.2 Å². The highest BCUT2D eigenvalue weighted by Gasteiger charge is 2.22. The summed E-state index contributed by atoms with van der Waals surface area (Å²) in [5.74, 6) is 0.188. The van der Waals surface area contributed by atoms with E-state index >= 15 is 0 Å².